The summed E-state index contributed by atoms with van der Waals surface area (Å²) in [7, 11) is 1.70. The Bertz CT molecular complexity index is 508. The first-order valence-corrected chi connectivity index (χ1v) is 8.21. The van der Waals surface area contributed by atoms with Crippen LogP contribution in [0.4, 0.5) is 5.82 Å². The number of carbonyl (C=O) groups excluding carboxylic acids is 1. The average Bonchev–Trinajstić information content (AvgIpc) is 2.73. The molecule has 1 atom stereocenters. The van der Waals surface area contributed by atoms with Crippen molar-refractivity contribution in [3.05, 3.63) is 24.4 Å². The molecule has 1 aromatic heterocycles. The lowest BCUT2D eigenvalue weighted by atomic mass is 9.88. The van der Waals surface area contributed by atoms with Crippen molar-refractivity contribution in [1.29, 1.82) is 0 Å². The van der Waals surface area contributed by atoms with Crippen molar-refractivity contribution in [2.75, 3.05) is 38.3 Å². The van der Waals surface area contributed by atoms with E-state index in [4.69, 9.17) is 4.74 Å². The zero-order chi connectivity index (χ0) is 15.4. The van der Waals surface area contributed by atoms with Gasteiger partial charge in [-0.05, 0) is 37.8 Å². The Morgan fingerprint density at radius 2 is 2.18 bits per heavy atom. The summed E-state index contributed by atoms with van der Waals surface area (Å²) in [5, 5.41) is 0. The maximum atomic E-state index is 12.3. The van der Waals surface area contributed by atoms with Crippen LogP contribution >= 0.6 is 0 Å². The van der Waals surface area contributed by atoms with E-state index in [-0.39, 0.29) is 5.54 Å². The van der Waals surface area contributed by atoms with E-state index in [1.807, 2.05) is 18.3 Å². The molecular formula is C17H25N3O2. The molecule has 2 fully saturated rings. The lowest BCUT2D eigenvalue weighted by Crippen LogP contribution is -2.47. The van der Waals surface area contributed by atoms with Crippen LogP contribution < -0.4 is 4.90 Å². The van der Waals surface area contributed by atoms with Gasteiger partial charge in [-0.1, -0.05) is 6.07 Å². The molecule has 1 unspecified atom stereocenters. The number of pyridine rings is 1. The number of methoxy groups -OCH3 is 1. The molecule has 22 heavy (non-hydrogen) atoms. The Morgan fingerprint density at radius 1 is 1.27 bits per heavy atom. The third-order valence-electron chi connectivity index (χ3n) is 5.09. The van der Waals surface area contributed by atoms with Gasteiger partial charge in [-0.15, -0.1) is 0 Å². The van der Waals surface area contributed by atoms with Crippen LogP contribution in [0.3, 0.4) is 0 Å². The van der Waals surface area contributed by atoms with Crippen LogP contribution in [0.1, 0.15) is 32.1 Å². The quantitative estimate of drug-likeness (QED) is 0.854. The van der Waals surface area contributed by atoms with Gasteiger partial charge in [0.1, 0.15) is 5.82 Å². The third kappa shape index (κ3) is 2.95. The largest absolute Gasteiger partial charge is 0.383 e. The molecule has 1 aromatic rings. The van der Waals surface area contributed by atoms with Crippen molar-refractivity contribution >= 4 is 11.7 Å². The molecule has 3 rings (SSSR count). The second kappa shape index (κ2) is 6.65. The minimum absolute atomic E-state index is 0.0408. The van der Waals surface area contributed by atoms with Crippen molar-refractivity contribution in [3.8, 4) is 0 Å². The minimum Gasteiger partial charge on any atom is -0.383 e. The molecule has 5 heteroatoms. The summed E-state index contributed by atoms with van der Waals surface area (Å²) in [6, 6.07) is 6.05. The highest BCUT2D eigenvalue weighted by Crippen LogP contribution is 2.39. The summed E-state index contributed by atoms with van der Waals surface area (Å²) in [5.41, 5.74) is 0.0408. The topological polar surface area (TPSA) is 45.7 Å². The predicted molar refractivity (Wildman–Crippen MR) is 85.9 cm³/mol. The van der Waals surface area contributed by atoms with Crippen molar-refractivity contribution < 1.29 is 9.53 Å². The molecule has 2 aliphatic heterocycles. The van der Waals surface area contributed by atoms with Gasteiger partial charge in [0, 0.05) is 44.9 Å². The molecule has 120 valence electrons. The van der Waals surface area contributed by atoms with Crippen LogP contribution in [0.5, 0.6) is 0 Å². The van der Waals surface area contributed by atoms with Gasteiger partial charge in [-0.2, -0.15) is 0 Å². The Balaban J connectivity index is 1.72. The first-order valence-electron chi connectivity index (χ1n) is 8.21. The molecule has 0 saturated carbocycles. The second-order valence-electron chi connectivity index (χ2n) is 6.29. The number of ether oxygens (including phenoxy) is 1. The number of hydrogen-bond donors (Lipinski definition) is 0. The molecule has 3 heterocycles. The zero-order valence-electron chi connectivity index (χ0n) is 13.3. The Hall–Kier alpha value is -1.62. The highest BCUT2D eigenvalue weighted by Gasteiger charge is 2.45. The monoisotopic (exact) mass is 303 g/mol. The third-order valence-corrected chi connectivity index (χ3v) is 5.09. The van der Waals surface area contributed by atoms with Crippen molar-refractivity contribution in [3.63, 3.8) is 0 Å². The van der Waals surface area contributed by atoms with Gasteiger partial charge in [0.05, 0.1) is 6.61 Å². The predicted octanol–water partition coefficient (Wildman–Crippen LogP) is 2.08. The fourth-order valence-corrected chi connectivity index (χ4v) is 3.89. The van der Waals surface area contributed by atoms with E-state index in [2.05, 4.69) is 20.9 Å². The summed E-state index contributed by atoms with van der Waals surface area (Å²) >= 11 is 0. The first kappa shape index (κ1) is 15.3. The van der Waals surface area contributed by atoms with Gasteiger partial charge in [-0.25, -0.2) is 4.98 Å². The number of hydrogen-bond acceptors (Lipinski definition) is 4. The maximum Gasteiger partial charge on any atom is 0.223 e. The molecule has 0 bridgehead atoms. The summed E-state index contributed by atoms with van der Waals surface area (Å²) < 4.78 is 5.19. The molecule has 2 aliphatic rings. The van der Waals surface area contributed by atoms with Crippen molar-refractivity contribution in [1.82, 2.24) is 9.88 Å². The molecule has 1 amide bonds. The summed E-state index contributed by atoms with van der Waals surface area (Å²) in [5.74, 6) is 1.34. The van der Waals surface area contributed by atoms with E-state index >= 15 is 0 Å². The number of carbonyl (C=O) groups is 1. The number of nitrogens with zero attached hydrogens (tertiary/aromatic N) is 3. The number of amides is 1. The molecule has 0 aliphatic carbocycles. The van der Waals surface area contributed by atoms with E-state index in [0.717, 1.165) is 51.1 Å². The Kier molecular flexibility index (Phi) is 4.62. The fraction of sp³-hybridized carbons (Fsp3) is 0.647. The van der Waals surface area contributed by atoms with Crippen LogP contribution in [0.25, 0.3) is 0 Å². The number of likely N-dealkylation sites (tertiary alicyclic amines) is 1. The Labute approximate surface area is 132 Å². The normalized spacial score (nSPS) is 25.8. The van der Waals surface area contributed by atoms with E-state index in [0.29, 0.717) is 18.9 Å². The van der Waals surface area contributed by atoms with Gasteiger partial charge >= 0.3 is 0 Å². The average molecular weight is 303 g/mol. The zero-order valence-corrected chi connectivity index (χ0v) is 13.3. The van der Waals surface area contributed by atoms with E-state index in [9.17, 15) is 4.79 Å². The maximum absolute atomic E-state index is 12.3. The summed E-state index contributed by atoms with van der Waals surface area (Å²) in [4.78, 5) is 21.2. The van der Waals surface area contributed by atoms with Crippen LogP contribution in [0, 0.1) is 0 Å². The SMILES string of the molecule is COCCN1C(=O)CCC12CCCN(c1ccccn1)CC2. The Morgan fingerprint density at radius 3 is 2.95 bits per heavy atom. The number of rotatable bonds is 4. The second-order valence-corrected chi connectivity index (χ2v) is 6.29. The minimum atomic E-state index is 0.0408. The lowest BCUT2D eigenvalue weighted by Gasteiger charge is -2.38. The molecule has 0 radical (unpaired) electrons. The summed E-state index contributed by atoms with van der Waals surface area (Å²) in [6.07, 6.45) is 6.75. The van der Waals surface area contributed by atoms with E-state index in [1.54, 1.807) is 7.11 Å². The van der Waals surface area contributed by atoms with Gasteiger partial charge in [0.15, 0.2) is 0 Å². The van der Waals surface area contributed by atoms with Crippen LogP contribution in [-0.2, 0) is 9.53 Å². The van der Waals surface area contributed by atoms with Gasteiger partial charge in [-0.3, -0.25) is 4.79 Å². The van der Waals surface area contributed by atoms with Crippen LogP contribution in [0.15, 0.2) is 24.4 Å². The van der Waals surface area contributed by atoms with Gasteiger partial charge < -0.3 is 14.5 Å². The van der Waals surface area contributed by atoms with E-state index in [1.165, 1.54) is 0 Å². The van der Waals surface area contributed by atoms with Crippen LogP contribution in [-0.4, -0.2) is 54.7 Å². The standard InChI is InChI=1S/C17H25N3O2/c1-22-14-13-20-16(21)6-8-17(20)7-4-11-19(12-9-17)15-5-2-3-10-18-15/h2-3,5,10H,4,6-9,11-14H2,1H3. The molecule has 2 saturated heterocycles. The molecule has 0 N–H and O–H groups in total. The van der Waals surface area contributed by atoms with Gasteiger partial charge in [0.25, 0.3) is 0 Å². The molecule has 1 spiro atoms. The van der Waals surface area contributed by atoms with E-state index < -0.39 is 0 Å². The van der Waals surface area contributed by atoms with Crippen molar-refractivity contribution in [2.24, 2.45) is 0 Å². The number of anilines is 1. The van der Waals surface area contributed by atoms with Crippen LogP contribution in [0.2, 0.25) is 0 Å². The molecule has 5 nitrogen and oxygen atoms in total. The van der Waals surface area contributed by atoms with Gasteiger partial charge in [0.2, 0.25) is 5.91 Å². The highest BCUT2D eigenvalue weighted by molar-refractivity contribution is 5.79. The molecule has 0 aromatic carbocycles. The smallest absolute Gasteiger partial charge is 0.223 e. The first-order chi connectivity index (χ1) is 10.7. The summed E-state index contributed by atoms with van der Waals surface area (Å²) in [6.45, 7) is 3.33. The number of aromatic nitrogens is 1. The highest BCUT2D eigenvalue weighted by atomic mass is 16.5. The van der Waals surface area contributed by atoms with Crippen molar-refractivity contribution in [2.45, 2.75) is 37.6 Å². The molecular weight excluding hydrogens is 278 g/mol. The fourth-order valence-electron chi connectivity index (χ4n) is 3.89. The lowest BCUT2D eigenvalue weighted by molar-refractivity contribution is -0.132.